The van der Waals surface area contributed by atoms with Gasteiger partial charge >= 0.3 is 0 Å². The number of benzene rings is 2. The Balaban J connectivity index is 1.33. The number of rotatable bonds is 9. The fourth-order valence-corrected chi connectivity index (χ4v) is 7.77. The molecule has 3 fully saturated rings. The minimum absolute atomic E-state index is 0.210. The van der Waals surface area contributed by atoms with E-state index in [4.69, 9.17) is 21.1 Å². The molecule has 0 amide bonds. The first-order valence-electron chi connectivity index (χ1n) is 14.7. The maximum absolute atomic E-state index is 11.7. The molecule has 0 saturated heterocycles. The third-order valence-corrected chi connectivity index (χ3v) is 10.3. The average Bonchev–Trinajstić information content (AvgIpc) is 3.16. The SMILES string of the molecule is CC(C)(O)[C@@]12CC(O)[C@@](c3ccc(Cl)c(Cc4ccc(OCCOC5CCCCC5)cc4)c3)(C1O)[C@@H](O)[C@H](O)[C@H]2O. The van der Waals surface area contributed by atoms with Crippen LogP contribution in [0.4, 0.5) is 0 Å². The quantitative estimate of drug-likeness (QED) is 0.245. The van der Waals surface area contributed by atoms with Crippen molar-refractivity contribution in [1.29, 1.82) is 0 Å². The lowest BCUT2D eigenvalue weighted by Gasteiger charge is -2.56. The summed E-state index contributed by atoms with van der Waals surface area (Å²) in [6.45, 7) is 3.89. The molecule has 0 aromatic heterocycles. The van der Waals surface area contributed by atoms with E-state index in [1.165, 1.54) is 33.1 Å². The van der Waals surface area contributed by atoms with Crippen molar-refractivity contribution < 1.29 is 40.1 Å². The Labute approximate surface area is 246 Å². The van der Waals surface area contributed by atoms with Gasteiger partial charge in [0.1, 0.15) is 18.5 Å². The van der Waals surface area contributed by atoms with Crippen molar-refractivity contribution in [3.05, 3.63) is 64.2 Å². The van der Waals surface area contributed by atoms with Crippen molar-refractivity contribution in [3.8, 4) is 5.75 Å². The first-order chi connectivity index (χ1) is 19.4. The Morgan fingerprint density at radius 2 is 1.59 bits per heavy atom. The van der Waals surface area contributed by atoms with Crippen LogP contribution in [0, 0.1) is 5.41 Å². The zero-order valence-electron chi connectivity index (χ0n) is 23.7. The summed E-state index contributed by atoms with van der Waals surface area (Å²) >= 11 is 6.57. The summed E-state index contributed by atoms with van der Waals surface area (Å²) in [5.41, 5.74) is -3.06. The van der Waals surface area contributed by atoms with E-state index in [0.717, 1.165) is 24.2 Å². The highest BCUT2D eigenvalue weighted by atomic mass is 35.5. The summed E-state index contributed by atoms with van der Waals surface area (Å²) in [4.78, 5) is 0. The molecule has 2 aromatic carbocycles. The lowest BCUT2D eigenvalue weighted by Crippen LogP contribution is -2.72. The van der Waals surface area contributed by atoms with Crippen LogP contribution in [0.2, 0.25) is 5.02 Å². The first-order valence-corrected chi connectivity index (χ1v) is 15.1. The molecule has 2 unspecified atom stereocenters. The van der Waals surface area contributed by atoms with Crippen LogP contribution in [-0.4, -0.2) is 86.1 Å². The third kappa shape index (κ3) is 5.21. The minimum Gasteiger partial charge on any atom is -0.491 e. The smallest absolute Gasteiger partial charge is 0.119 e. The molecule has 0 heterocycles. The zero-order valence-corrected chi connectivity index (χ0v) is 24.5. The molecule has 2 aromatic rings. The second-order valence-corrected chi connectivity index (χ2v) is 13.0. The highest BCUT2D eigenvalue weighted by molar-refractivity contribution is 6.31. The molecule has 0 spiro atoms. The molecule has 9 heteroatoms. The Hall–Kier alpha value is -1.75. The average molecular weight is 591 g/mol. The second-order valence-electron chi connectivity index (χ2n) is 12.6. The standard InChI is InChI=1S/C32H43ClO8/c1-30(2,39)31-18-25(34)32(29(31)38,28(37)26(35)27(31)36)21-10-13-24(33)20(17-21)16-19-8-11-23(12-9-19)41-15-14-40-22-6-4-3-5-7-22/h8-13,17,22,25-29,34-39H,3-7,14-16,18H2,1-2H3/t25?,26-,27-,28+,29?,31-,32-/m1/s1. The predicted molar refractivity (Wildman–Crippen MR) is 154 cm³/mol. The van der Waals surface area contributed by atoms with Crippen LogP contribution < -0.4 is 4.74 Å². The van der Waals surface area contributed by atoms with E-state index in [9.17, 15) is 30.6 Å². The van der Waals surface area contributed by atoms with Crippen LogP contribution in [0.3, 0.4) is 0 Å². The minimum atomic E-state index is -1.74. The van der Waals surface area contributed by atoms with Crippen molar-refractivity contribution >= 4 is 11.6 Å². The van der Waals surface area contributed by atoms with Crippen LogP contribution in [0.5, 0.6) is 5.75 Å². The summed E-state index contributed by atoms with van der Waals surface area (Å²) < 4.78 is 11.8. The number of aliphatic hydroxyl groups excluding tert-OH is 5. The van der Waals surface area contributed by atoms with Crippen molar-refractivity contribution in [1.82, 2.24) is 0 Å². The Morgan fingerprint density at radius 3 is 2.24 bits per heavy atom. The van der Waals surface area contributed by atoms with E-state index in [0.29, 0.717) is 41.9 Å². The van der Waals surface area contributed by atoms with E-state index in [1.807, 2.05) is 24.3 Å². The van der Waals surface area contributed by atoms with E-state index < -0.39 is 47.0 Å². The molecule has 3 aliphatic rings. The van der Waals surface area contributed by atoms with Crippen molar-refractivity contribution in [3.63, 3.8) is 0 Å². The maximum atomic E-state index is 11.7. The number of halogens is 1. The van der Waals surface area contributed by atoms with Crippen LogP contribution in [0.25, 0.3) is 0 Å². The van der Waals surface area contributed by atoms with Gasteiger partial charge in [-0.1, -0.05) is 55.1 Å². The van der Waals surface area contributed by atoms with Gasteiger partial charge in [-0.3, -0.25) is 0 Å². The normalized spacial score (nSPS) is 34.1. The summed E-state index contributed by atoms with van der Waals surface area (Å²) in [5, 5.41) is 67.5. The van der Waals surface area contributed by atoms with Crippen LogP contribution >= 0.6 is 11.6 Å². The molecule has 3 saturated carbocycles. The largest absolute Gasteiger partial charge is 0.491 e. The fraction of sp³-hybridized carbons (Fsp3) is 0.625. The Morgan fingerprint density at radius 1 is 0.902 bits per heavy atom. The van der Waals surface area contributed by atoms with E-state index in [1.54, 1.807) is 18.2 Å². The summed E-state index contributed by atoms with van der Waals surface area (Å²) in [6.07, 6.45) is -1.36. The molecule has 8 nitrogen and oxygen atoms in total. The van der Waals surface area contributed by atoms with Crippen molar-refractivity contribution in [2.45, 2.75) is 106 Å². The number of fused-ring (bicyclic) bond motifs is 2. The zero-order chi connectivity index (χ0) is 29.6. The highest BCUT2D eigenvalue weighted by Crippen LogP contribution is 2.63. The monoisotopic (exact) mass is 590 g/mol. The number of hydrogen-bond donors (Lipinski definition) is 6. The predicted octanol–water partition coefficient (Wildman–Crippen LogP) is 2.88. The van der Waals surface area contributed by atoms with Gasteiger partial charge in [0, 0.05) is 5.02 Å². The Bertz CT molecular complexity index is 1190. The van der Waals surface area contributed by atoms with Crippen LogP contribution in [0.1, 0.15) is 69.1 Å². The summed E-state index contributed by atoms with van der Waals surface area (Å²) in [7, 11) is 0. The molecule has 5 rings (SSSR count). The van der Waals surface area contributed by atoms with Crippen molar-refractivity contribution in [2.75, 3.05) is 13.2 Å². The van der Waals surface area contributed by atoms with Gasteiger partial charge in [0.05, 0.1) is 53.6 Å². The third-order valence-electron chi connectivity index (χ3n) is 9.95. The highest BCUT2D eigenvalue weighted by Gasteiger charge is 2.77. The molecule has 2 bridgehead atoms. The molecule has 41 heavy (non-hydrogen) atoms. The molecule has 3 aliphatic carbocycles. The lowest BCUT2D eigenvalue weighted by molar-refractivity contribution is -0.254. The van der Waals surface area contributed by atoms with E-state index >= 15 is 0 Å². The fourth-order valence-electron chi connectivity index (χ4n) is 7.59. The van der Waals surface area contributed by atoms with E-state index in [2.05, 4.69) is 0 Å². The van der Waals surface area contributed by atoms with Gasteiger partial charge < -0.3 is 40.1 Å². The molecule has 0 radical (unpaired) electrons. The van der Waals surface area contributed by atoms with Gasteiger partial charge in [-0.05, 0) is 74.4 Å². The Kier molecular flexibility index (Phi) is 8.79. The molecule has 0 aliphatic heterocycles. The molecule has 7 atom stereocenters. The van der Waals surface area contributed by atoms with Gasteiger partial charge in [-0.25, -0.2) is 0 Å². The van der Waals surface area contributed by atoms with Crippen molar-refractivity contribution in [2.24, 2.45) is 5.41 Å². The molecular weight excluding hydrogens is 548 g/mol. The molecular formula is C32H43ClO8. The molecule has 6 N–H and O–H groups in total. The number of ether oxygens (including phenoxy) is 2. The van der Waals surface area contributed by atoms with Crippen LogP contribution in [0.15, 0.2) is 42.5 Å². The van der Waals surface area contributed by atoms with Gasteiger partial charge in [0.15, 0.2) is 0 Å². The number of hydrogen-bond acceptors (Lipinski definition) is 8. The van der Waals surface area contributed by atoms with Gasteiger partial charge in [0.25, 0.3) is 0 Å². The first kappa shape index (κ1) is 30.7. The summed E-state index contributed by atoms with van der Waals surface area (Å²) in [5.74, 6) is 0.734. The number of aliphatic hydroxyl groups is 6. The van der Waals surface area contributed by atoms with Gasteiger partial charge in [-0.2, -0.15) is 0 Å². The van der Waals surface area contributed by atoms with Crippen LogP contribution in [-0.2, 0) is 16.6 Å². The lowest BCUT2D eigenvalue weighted by atomic mass is 9.55. The topological polar surface area (TPSA) is 140 Å². The van der Waals surface area contributed by atoms with E-state index in [-0.39, 0.29) is 6.42 Å². The summed E-state index contributed by atoms with van der Waals surface area (Å²) in [6, 6.07) is 12.6. The maximum Gasteiger partial charge on any atom is 0.119 e. The van der Waals surface area contributed by atoms with Gasteiger partial charge in [0.2, 0.25) is 0 Å². The molecule has 226 valence electrons. The second kappa shape index (κ2) is 11.7. The van der Waals surface area contributed by atoms with Gasteiger partial charge in [-0.15, -0.1) is 0 Å².